The van der Waals surface area contributed by atoms with Crippen molar-refractivity contribution in [1.29, 1.82) is 0 Å². The Balaban J connectivity index is 1.95. The van der Waals surface area contributed by atoms with Crippen molar-refractivity contribution in [2.45, 2.75) is 19.9 Å². The highest BCUT2D eigenvalue weighted by Crippen LogP contribution is 2.28. The number of hydrogen-bond acceptors (Lipinski definition) is 4. The van der Waals surface area contributed by atoms with Crippen LogP contribution in [0.4, 0.5) is 0 Å². The molecule has 1 aliphatic heterocycles. The summed E-state index contributed by atoms with van der Waals surface area (Å²) in [5.74, 6) is 0.737. The van der Waals surface area contributed by atoms with Gasteiger partial charge in [0.1, 0.15) is 0 Å². The first-order valence-corrected chi connectivity index (χ1v) is 6.78. The molecule has 0 radical (unpaired) electrons. The smallest absolute Gasteiger partial charge is 0.160 e. The van der Waals surface area contributed by atoms with Crippen molar-refractivity contribution in [3.05, 3.63) is 23.8 Å². The van der Waals surface area contributed by atoms with Crippen LogP contribution in [0.1, 0.15) is 18.9 Å². The first-order valence-electron chi connectivity index (χ1n) is 6.78. The quantitative estimate of drug-likeness (QED) is 0.851. The highest BCUT2D eigenvalue weighted by molar-refractivity contribution is 5.41. The summed E-state index contributed by atoms with van der Waals surface area (Å²) in [4.78, 5) is 2.31. The Bertz CT molecular complexity index is 428. The first kappa shape index (κ1) is 14.2. The molecule has 1 heterocycles. The molecule has 0 spiro atoms. The molecule has 0 aromatic heterocycles. The molecule has 2 N–H and O–H groups in total. The fourth-order valence-electron chi connectivity index (χ4n) is 2.86. The number of benzene rings is 1. The van der Waals surface area contributed by atoms with E-state index in [1.165, 1.54) is 6.42 Å². The number of aromatic hydroxyl groups is 1. The Kier molecular flexibility index (Phi) is 4.32. The third-order valence-corrected chi connectivity index (χ3v) is 3.80. The van der Waals surface area contributed by atoms with Crippen LogP contribution in [0.5, 0.6) is 11.5 Å². The molecule has 1 aromatic carbocycles. The zero-order chi connectivity index (χ0) is 13.9. The van der Waals surface area contributed by atoms with Crippen LogP contribution in [0.3, 0.4) is 0 Å². The second-order valence-corrected chi connectivity index (χ2v) is 5.92. The minimum absolute atomic E-state index is 0.210. The van der Waals surface area contributed by atoms with Gasteiger partial charge in [0.2, 0.25) is 0 Å². The minimum atomic E-state index is 0.210. The van der Waals surface area contributed by atoms with E-state index >= 15 is 0 Å². The van der Waals surface area contributed by atoms with Gasteiger partial charge in [-0.2, -0.15) is 0 Å². The zero-order valence-corrected chi connectivity index (χ0v) is 12.1. The summed E-state index contributed by atoms with van der Waals surface area (Å²) in [6.07, 6.45) is 1.23. The number of phenolic OH excluding ortho intramolecular Hbond substituents is 1. The lowest BCUT2D eigenvalue weighted by atomic mass is 9.89. The third-order valence-electron chi connectivity index (χ3n) is 3.80. The molecular weight excluding hydrogens is 240 g/mol. The van der Waals surface area contributed by atoms with Gasteiger partial charge in [-0.3, -0.25) is 0 Å². The number of ether oxygens (including phenoxy) is 1. The molecule has 2 rings (SSSR count). The zero-order valence-electron chi connectivity index (χ0n) is 12.1. The summed E-state index contributed by atoms with van der Waals surface area (Å²) in [6, 6.07) is 5.60. The second kappa shape index (κ2) is 5.80. The van der Waals surface area contributed by atoms with Gasteiger partial charge in [-0.1, -0.05) is 13.0 Å². The van der Waals surface area contributed by atoms with Gasteiger partial charge >= 0.3 is 0 Å². The van der Waals surface area contributed by atoms with E-state index in [0.29, 0.717) is 11.2 Å². The van der Waals surface area contributed by atoms with Crippen LogP contribution in [0.2, 0.25) is 0 Å². The van der Waals surface area contributed by atoms with Crippen molar-refractivity contribution in [3.63, 3.8) is 0 Å². The standard InChI is InChI=1S/C15H24N2O2/c1-15(6-7-16-10-15)11-17(2)9-12-4-5-14(19-3)13(18)8-12/h4-5,8,16,18H,6-7,9-11H2,1-3H3. The number of nitrogens with zero attached hydrogens (tertiary/aromatic N) is 1. The van der Waals surface area contributed by atoms with E-state index in [2.05, 4.69) is 24.2 Å². The highest BCUT2D eigenvalue weighted by Gasteiger charge is 2.29. The van der Waals surface area contributed by atoms with Crippen molar-refractivity contribution in [1.82, 2.24) is 10.2 Å². The topological polar surface area (TPSA) is 44.7 Å². The van der Waals surface area contributed by atoms with Crippen LogP contribution in [0, 0.1) is 5.41 Å². The van der Waals surface area contributed by atoms with Gasteiger partial charge in [0.05, 0.1) is 7.11 Å². The van der Waals surface area contributed by atoms with Crippen LogP contribution in [-0.4, -0.2) is 43.8 Å². The van der Waals surface area contributed by atoms with E-state index in [1.807, 2.05) is 12.1 Å². The normalized spacial score (nSPS) is 22.9. The van der Waals surface area contributed by atoms with Gasteiger partial charge in [-0.25, -0.2) is 0 Å². The fourth-order valence-corrected chi connectivity index (χ4v) is 2.86. The predicted molar refractivity (Wildman–Crippen MR) is 76.6 cm³/mol. The van der Waals surface area contributed by atoms with Crippen LogP contribution in [0.15, 0.2) is 18.2 Å². The summed E-state index contributed by atoms with van der Waals surface area (Å²) < 4.78 is 5.06. The molecule has 1 fully saturated rings. The van der Waals surface area contributed by atoms with Crippen LogP contribution < -0.4 is 10.1 Å². The molecular formula is C15H24N2O2. The van der Waals surface area contributed by atoms with E-state index in [-0.39, 0.29) is 5.75 Å². The Morgan fingerprint density at radius 2 is 2.26 bits per heavy atom. The van der Waals surface area contributed by atoms with Gasteiger partial charge in [0.15, 0.2) is 11.5 Å². The number of phenols is 1. The molecule has 1 aliphatic rings. The summed E-state index contributed by atoms with van der Waals surface area (Å²) >= 11 is 0. The van der Waals surface area contributed by atoms with Crippen LogP contribution in [-0.2, 0) is 6.54 Å². The van der Waals surface area contributed by atoms with Crippen LogP contribution >= 0.6 is 0 Å². The highest BCUT2D eigenvalue weighted by atomic mass is 16.5. The maximum Gasteiger partial charge on any atom is 0.160 e. The molecule has 1 aromatic rings. The molecule has 1 saturated heterocycles. The molecule has 0 bridgehead atoms. The lowest BCUT2D eigenvalue weighted by Gasteiger charge is -2.29. The van der Waals surface area contributed by atoms with Gasteiger partial charge in [0.25, 0.3) is 0 Å². The van der Waals surface area contributed by atoms with Gasteiger partial charge in [-0.15, -0.1) is 0 Å². The number of nitrogens with one attached hydrogen (secondary N) is 1. The fraction of sp³-hybridized carbons (Fsp3) is 0.600. The predicted octanol–water partition coefficient (Wildman–Crippen LogP) is 1.83. The molecule has 0 amide bonds. The largest absolute Gasteiger partial charge is 0.504 e. The maximum absolute atomic E-state index is 9.79. The number of methoxy groups -OCH3 is 1. The lowest BCUT2D eigenvalue weighted by molar-refractivity contribution is 0.203. The summed E-state index contributed by atoms with van der Waals surface area (Å²) in [6.45, 7) is 6.44. The van der Waals surface area contributed by atoms with Crippen molar-refractivity contribution >= 4 is 0 Å². The van der Waals surface area contributed by atoms with E-state index in [9.17, 15) is 5.11 Å². The van der Waals surface area contributed by atoms with Gasteiger partial charge in [0, 0.05) is 19.6 Å². The van der Waals surface area contributed by atoms with Crippen molar-refractivity contribution < 1.29 is 9.84 Å². The molecule has 19 heavy (non-hydrogen) atoms. The Labute approximate surface area is 115 Å². The van der Waals surface area contributed by atoms with Gasteiger partial charge < -0.3 is 20.1 Å². The molecule has 0 aliphatic carbocycles. The molecule has 1 unspecified atom stereocenters. The molecule has 1 atom stereocenters. The average Bonchev–Trinajstić information content (AvgIpc) is 2.75. The first-order chi connectivity index (χ1) is 9.02. The van der Waals surface area contributed by atoms with Crippen molar-refractivity contribution in [2.75, 3.05) is 33.8 Å². The third kappa shape index (κ3) is 3.61. The van der Waals surface area contributed by atoms with E-state index in [4.69, 9.17) is 4.74 Å². The van der Waals surface area contributed by atoms with E-state index in [0.717, 1.165) is 31.7 Å². The summed E-state index contributed by atoms with van der Waals surface area (Å²) in [5, 5.41) is 13.2. The molecule has 0 saturated carbocycles. The Morgan fingerprint density at radius 1 is 1.47 bits per heavy atom. The van der Waals surface area contributed by atoms with Crippen LogP contribution in [0.25, 0.3) is 0 Å². The van der Waals surface area contributed by atoms with E-state index < -0.39 is 0 Å². The maximum atomic E-state index is 9.79. The average molecular weight is 264 g/mol. The van der Waals surface area contributed by atoms with Crippen molar-refractivity contribution in [2.24, 2.45) is 5.41 Å². The summed E-state index contributed by atoms with van der Waals surface area (Å²) in [5.41, 5.74) is 1.47. The number of rotatable bonds is 5. The Morgan fingerprint density at radius 3 is 2.84 bits per heavy atom. The lowest BCUT2D eigenvalue weighted by Crippen LogP contribution is -2.34. The van der Waals surface area contributed by atoms with Gasteiger partial charge in [-0.05, 0) is 43.1 Å². The van der Waals surface area contributed by atoms with E-state index in [1.54, 1.807) is 13.2 Å². The monoisotopic (exact) mass is 264 g/mol. The summed E-state index contributed by atoms with van der Waals surface area (Å²) in [7, 11) is 3.69. The molecule has 106 valence electrons. The second-order valence-electron chi connectivity index (χ2n) is 5.92. The molecule has 4 heteroatoms. The number of hydrogen-bond donors (Lipinski definition) is 2. The Hall–Kier alpha value is -1.26. The minimum Gasteiger partial charge on any atom is -0.504 e. The SMILES string of the molecule is COc1ccc(CN(C)CC2(C)CCNC2)cc1O. The van der Waals surface area contributed by atoms with Crippen molar-refractivity contribution in [3.8, 4) is 11.5 Å². The molecule has 4 nitrogen and oxygen atoms in total.